The van der Waals surface area contributed by atoms with Gasteiger partial charge in [0.15, 0.2) is 11.5 Å². The number of hydrogen-bond acceptors (Lipinski definition) is 6. The minimum Gasteiger partial charge on any atom is -0.469 e. The van der Waals surface area contributed by atoms with E-state index < -0.39 is 5.97 Å². The molecule has 22 heavy (non-hydrogen) atoms. The summed E-state index contributed by atoms with van der Waals surface area (Å²) in [6, 6.07) is 7.04. The number of anilines is 1. The van der Waals surface area contributed by atoms with E-state index in [9.17, 15) is 4.79 Å². The highest BCUT2D eigenvalue weighted by molar-refractivity contribution is 6.39. The maximum atomic E-state index is 12.1. The predicted octanol–water partition coefficient (Wildman–Crippen LogP) is 2.85. The van der Waals surface area contributed by atoms with E-state index in [0.29, 0.717) is 28.9 Å². The molecular weight excluding hydrogens is 306 g/mol. The highest BCUT2D eigenvalue weighted by atomic mass is 35.5. The fraction of sp³-hybridized carbons (Fsp3) is 0.267. The molecular formula is C15H14ClN3O3. The van der Waals surface area contributed by atoms with Crippen LogP contribution in [0.25, 0.3) is 0 Å². The zero-order valence-corrected chi connectivity index (χ0v) is 12.7. The first-order chi connectivity index (χ1) is 10.7. The molecule has 0 amide bonds. The summed E-state index contributed by atoms with van der Waals surface area (Å²) in [4.78, 5) is 16.4. The third-order valence-corrected chi connectivity index (χ3v) is 3.56. The second-order valence-corrected chi connectivity index (χ2v) is 5.07. The second-order valence-electron chi connectivity index (χ2n) is 4.66. The molecule has 0 bridgehead atoms. The molecule has 0 N–H and O–H groups in total. The largest absolute Gasteiger partial charge is 0.469 e. The number of hydrogen-bond donors (Lipinski definition) is 0. The summed E-state index contributed by atoms with van der Waals surface area (Å²) in [5, 5.41) is 6.41. The smallest absolute Gasteiger partial charge is 0.355 e. The summed E-state index contributed by atoms with van der Waals surface area (Å²) in [5.74, 6) is 0.381. The molecule has 114 valence electrons. The van der Waals surface area contributed by atoms with E-state index in [1.54, 1.807) is 42.6 Å². The normalized spacial score (nSPS) is 17.5. The number of pyridine rings is 1. The maximum Gasteiger partial charge on any atom is 0.355 e. The van der Waals surface area contributed by atoms with Crippen molar-refractivity contribution >= 4 is 29.1 Å². The van der Waals surface area contributed by atoms with Crippen LogP contribution in [0.4, 0.5) is 5.82 Å². The van der Waals surface area contributed by atoms with Crippen LogP contribution in [-0.4, -0.2) is 29.8 Å². The van der Waals surface area contributed by atoms with Crippen LogP contribution >= 0.6 is 11.6 Å². The van der Waals surface area contributed by atoms with Crippen LogP contribution in [0.15, 0.2) is 46.2 Å². The molecule has 0 fully saturated rings. The Morgan fingerprint density at radius 3 is 3.05 bits per heavy atom. The van der Waals surface area contributed by atoms with Crippen LogP contribution in [0.2, 0.25) is 5.02 Å². The summed E-state index contributed by atoms with van der Waals surface area (Å²) in [6.45, 7) is 2.45. The summed E-state index contributed by atoms with van der Waals surface area (Å²) < 4.78 is 10.5. The first-order valence-corrected chi connectivity index (χ1v) is 7.25. The first kappa shape index (κ1) is 14.6. The third kappa shape index (κ3) is 2.69. The lowest BCUT2D eigenvalue weighted by atomic mass is 10.0. The zero-order chi connectivity index (χ0) is 15.5. The number of hydrazone groups is 1. The molecule has 7 heteroatoms. The number of nitrogens with zero attached hydrogens (tertiary/aromatic N) is 3. The molecule has 0 aliphatic carbocycles. The second kappa shape index (κ2) is 6.19. The van der Waals surface area contributed by atoms with Crippen molar-refractivity contribution in [2.45, 2.75) is 12.8 Å². The van der Waals surface area contributed by atoms with Gasteiger partial charge in [0.1, 0.15) is 5.76 Å². The molecule has 1 unspecified atom stereocenters. The topological polar surface area (TPSA) is 67.9 Å². The van der Waals surface area contributed by atoms with Crippen LogP contribution in [-0.2, 0) is 9.53 Å². The van der Waals surface area contributed by atoms with E-state index >= 15 is 0 Å². The Hall–Kier alpha value is -2.34. The van der Waals surface area contributed by atoms with Crippen molar-refractivity contribution in [3.05, 3.63) is 47.5 Å². The lowest BCUT2D eigenvalue weighted by molar-refractivity contribution is -0.135. The van der Waals surface area contributed by atoms with Crippen molar-refractivity contribution in [2.75, 3.05) is 18.2 Å². The monoisotopic (exact) mass is 319 g/mol. The third-order valence-electron chi connectivity index (χ3n) is 3.27. The van der Waals surface area contributed by atoms with Crippen molar-refractivity contribution in [2.24, 2.45) is 5.10 Å². The van der Waals surface area contributed by atoms with Gasteiger partial charge in [0, 0.05) is 6.20 Å². The number of carbonyl (C=O) groups excluding carboxylic acids is 1. The summed E-state index contributed by atoms with van der Waals surface area (Å²) in [5.41, 5.74) is 0.290. The molecule has 1 aliphatic heterocycles. The van der Waals surface area contributed by atoms with E-state index in [4.69, 9.17) is 20.8 Å². The number of rotatable bonds is 4. The molecule has 1 atom stereocenters. The SMILES string of the molecule is CCOC(=O)C1=NN(c2ncccc2Cl)CC1c1ccco1. The molecule has 3 heterocycles. The molecule has 0 aromatic carbocycles. The van der Waals surface area contributed by atoms with Crippen molar-refractivity contribution in [3.63, 3.8) is 0 Å². The first-order valence-electron chi connectivity index (χ1n) is 6.87. The van der Waals surface area contributed by atoms with Gasteiger partial charge in [0.25, 0.3) is 0 Å². The van der Waals surface area contributed by atoms with Crippen molar-refractivity contribution < 1.29 is 13.9 Å². The van der Waals surface area contributed by atoms with Crippen molar-refractivity contribution in [1.82, 2.24) is 4.98 Å². The quantitative estimate of drug-likeness (QED) is 0.811. The fourth-order valence-electron chi connectivity index (χ4n) is 2.30. The van der Waals surface area contributed by atoms with Gasteiger partial charge < -0.3 is 9.15 Å². The average molecular weight is 320 g/mol. The van der Waals surface area contributed by atoms with Gasteiger partial charge in [-0.15, -0.1) is 0 Å². The Morgan fingerprint density at radius 1 is 1.50 bits per heavy atom. The van der Waals surface area contributed by atoms with E-state index in [2.05, 4.69) is 10.1 Å². The number of carbonyl (C=O) groups is 1. The Morgan fingerprint density at radius 2 is 2.36 bits per heavy atom. The molecule has 6 nitrogen and oxygen atoms in total. The minimum absolute atomic E-state index is 0.285. The van der Waals surface area contributed by atoms with Gasteiger partial charge in [-0.3, -0.25) is 0 Å². The molecule has 3 rings (SSSR count). The molecule has 0 saturated carbocycles. The van der Waals surface area contributed by atoms with Gasteiger partial charge in [0.05, 0.1) is 30.4 Å². The Kier molecular flexibility index (Phi) is 4.11. The maximum absolute atomic E-state index is 12.1. The number of furan rings is 1. The molecule has 0 saturated heterocycles. The standard InChI is InChI=1S/C15H14ClN3O3/c1-2-21-15(20)13-10(12-6-4-8-22-12)9-19(18-13)14-11(16)5-3-7-17-14/h3-8,10H,2,9H2,1H3. The molecule has 1 aliphatic rings. The molecule has 2 aromatic rings. The Labute approximate surface area is 132 Å². The van der Waals surface area contributed by atoms with Crippen molar-refractivity contribution in [3.8, 4) is 0 Å². The lowest BCUT2D eigenvalue weighted by Gasteiger charge is -2.14. The summed E-state index contributed by atoms with van der Waals surface area (Å²) in [7, 11) is 0. The van der Waals surface area contributed by atoms with E-state index in [0.717, 1.165) is 0 Å². The predicted molar refractivity (Wildman–Crippen MR) is 82.1 cm³/mol. The number of aromatic nitrogens is 1. The zero-order valence-electron chi connectivity index (χ0n) is 11.9. The number of halogens is 1. The lowest BCUT2D eigenvalue weighted by Crippen LogP contribution is -2.23. The number of esters is 1. The van der Waals surface area contributed by atoms with Crippen LogP contribution in [0.1, 0.15) is 18.6 Å². The van der Waals surface area contributed by atoms with Gasteiger partial charge >= 0.3 is 5.97 Å². The average Bonchev–Trinajstić information content (AvgIpc) is 3.17. The Balaban J connectivity index is 1.95. The number of ether oxygens (including phenoxy) is 1. The Bertz CT molecular complexity index is 700. The molecule has 0 radical (unpaired) electrons. The van der Waals surface area contributed by atoms with E-state index in [1.807, 2.05) is 6.07 Å². The van der Waals surface area contributed by atoms with E-state index in [-0.39, 0.29) is 12.5 Å². The minimum atomic E-state index is -0.460. The van der Waals surface area contributed by atoms with Gasteiger partial charge in [-0.1, -0.05) is 11.6 Å². The molecule has 0 spiro atoms. The highest BCUT2D eigenvalue weighted by Gasteiger charge is 2.37. The van der Waals surface area contributed by atoms with Crippen LogP contribution in [0.5, 0.6) is 0 Å². The van der Waals surface area contributed by atoms with Gasteiger partial charge in [0.2, 0.25) is 0 Å². The van der Waals surface area contributed by atoms with Crippen LogP contribution in [0, 0.1) is 0 Å². The summed E-state index contributed by atoms with van der Waals surface area (Å²) >= 11 is 6.15. The highest BCUT2D eigenvalue weighted by Crippen LogP contribution is 2.32. The van der Waals surface area contributed by atoms with Crippen molar-refractivity contribution in [1.29, 1.82) is 0 Å². The van der Waals surface area contributed by atoms with Crippen LogP contribution in [0.3, 0.4) is 0 Å². The fourth-order valence-corrected chi connectivity index (χ4v) is 2.52. The van der Waals surface area contributed by atoms with Crippen LogP contribution < -0.4 is 5.01 Å². The molecule has 2 aromatic heterocycles. The van der Waals surface area contributed by atoms with Gasteiger partial charge in [-0.05, 0) is 31.2 Å². The van der Waals surface area contributed by atoms with Gasteiger partial charge in [-0.25, -0.2) is 14.8 Å². The summed E-state index contributed by atoms with van der Waals surface area (Å²) in [6.07, 6.45) is 3.19. The van der Waals surface area contributed by atoms with Gasteiger partial charge in [-0.2, -0.15) is 5.10 Å². The van der Waals surface area contributed by atoms with E-state index in [1.165, 1.54) is 0 Å².